The van der Waals surface area contributed by atoms with Crippen LogP contribution < -0.4 is 10.6 Å². The highest BCUT2D eigenvalue weighted by Gasteiger charge is 2.14. The molecule has 3 heterocycles. The summed E-state index contributed by atoms with van der Waals surface area (Å²) in [4.78, 5) is 32.7. The second kappa shape index (κ2) is 7.06. The molecule has 0 aliphatic rings. The number of para-hydroxylation sites is 1. The van der Waals surface area contributed by atoms with Crippen LogP contribution in [0.1, 0.15) is 16.2 Å². The molecule has 0 bridgehead atoms. The summed E-state index contributed by atoms with van der Waals surface area (Å²) in [6, 6.07) is 10.9. The average Bonchev–Trinajstić information content (AvgIpc) is 3.34. The SMILES string of the molecule is O=C(Cc1csc(NC(=O)c2ccco2)n1)Nc1nc2ccccc2s1. The van der Waals surface area contributed by atoms with Gasteiger partial charge in [0.1, 0.15) is 0 Å². The van der Waals surface area contributed by atoms with E-state index in [1.807, 2.05) is 24.3 Å². The topological polar surface area (TPSA) is 97.1 Å². The molecule has 0 saturated carbocycles. The van der Waals surface area contributed by atoms with Crippen molar-refractivity contribution >= 4 is 55.0 Å². The van der Waals surface area contributed by atoms with Crippen molar-refractivity contribution in [3.63, 3.8) is 0 Å². The molecule has 2 N–H and O–H groups in total. The van der Waals surface area contributed by atoms with Crippen molar-refractivity contribution in [2.24, 2.45) is 0 Å². The lowest BCUT2D eigenvalue weighted by atomic mass is 10.3. The second-order valence-corrected chi connectivity index (χ2v) is 7.18. The quantitative estimate of drug-likeness (QED) is 0.546. The van der Waals surface area contributed by atoms with Gasteiger partial charge in [-0.15, -0.1) is 11.3 Å². The van der Waals surface area contributed by atoms with Gasteiger partial charge in [0, 0.05) is 5.38 Å². The van der Waals surface area contributed by atoms with Crippen molar-refractivity contribution in [1.82, 2.24) is 9.97 Å². The number of nitrogens with one attached hydrogen (secondary N) is 2. The summed E-state index contributed by atoms with van der Waals surface area (Å²) in [7, 11) is 0. The third kappa shape index (κ3) is 3.63. The molecule has 2 amide bonds. The summed E-state index contributed by atoms with van der Waals surface area (Å²) >= 11 is 2.67. The number of hydrogen-bond donors (Lipinski definition) is 2. The first kappa shape index (κ1) is 16.4. The predicted molar refractivity (Wildman–Crippen MR) is 101 cm³/mol. The molecule has 4 rings (SSSR count). The number of benzene rings is 1. The molecule has 0 radical (unpaired) electrons. The van der Waals surface area contributed by atoms with Gasteiger partial charge in [-0.25, -0.2) is 9.97 Å². The summed E-state index contributed by atoms with van der Waals surface area (Å²) in [6.07, 6.45) is 1.53. The van der Waals surface area contributed by atoms with Gasteiger partial charge in [0.05, 0.1) is 28.6 Å². The molecule has 3 aromatic heterocycles. The molecule has 4 aromatic rings. The molecule has 0 spiro atoms. The van der Waals surface area contributed by atoms with E-state index in [1.165, 1.54) is 28.9 Å². The second-order valence-electron chi connectivity index (χ2n) is 5.29. The minimum absolute atomic E-state index is 0.100. The molecule has 26 heavy (non-hydrogen) atoms. The summed E-state index contributed by atoms with van der Waals surface area (Å²) < 4.78 is 6.04. The molecule has 0 aliphatic carbocycles. The minimum atomic E-state index is -0.380. The van der Waals surface area contributed by atoms with Crippen LogP contribution in [0.5, 0.6) is 0 Å². The first-order valence-electron chi connectivity index (χ1n) is 7.62. The maximum Gasteiger partial charge on any atom is 0.293 e. The van der Waals surface area contributed by atoms with Gasteiger partial charge in [-0.1, -0.05) is 23.5 Å². The lowest BCUT2D eigenvalue weighted by Gasteiger charge is -1.99. The lowest BCUT2D eigenvalue weighted by Crippen LogP contribution is -2.15. The highest BCUT2D eigenvalue weighted by Crippen LogP contribution is 2.25. The number of furan rings is 1. The maximum atomic E-state index is 12.2. The Morgan fingerprint density at radius 3 is 2.73 bits per heavy atom. The maximum absolute atomic E-state index is 12.2. The van der Waals surface area contributed by atoms with E-state index in [1.54, 1.807) is 17.5 Å². The number of fused-ring (bicyclic) bond motifs is 1. The van der Waals surface area contributed by atoms with Gasteiger partial charge in [-0.3, -0.25) is 14.9 Å². The zero-order chi connectivity index (χ0) is 17.9. The summed E-state index contributed by atoms with van der Waals surface area (Å²) in [5.74, 6) is -0.386. The number of anilines is 2. The summed E-state index contributed by atoms with van der Waals surface area (Å²) in [5.41, 5.74) is 1.42. The standard InChI is InChI=1S/C17H12N4O3S2/c22-14(20-17-19-11-4-1-2-6-13(11)26-17)8-10-9-25-16(18-10)21-15(23)12-5-3-7-24-12/h1-7,9H,8H2,(H,18,21,23)(H,19,20,22). The fraction of sp³-hybridized carbons (Fsp3) is 0.0588. The number of hydrogen-bond acceptors (Lipinski definition) is 7. The largest absolute Gasteiger partial charge is 0.459 e. The fourth-order valence-electron chi connectivity index (χ4n) is 2.27. The van der Waals surface area contributed by atoms with Crippen LogP contribution in [0.3, 0.4) is 0 Å². The van der Waals surface area contributed by atoms with E-state index in [4.69, 9.17) is 4.42 Å². The van der Waals surface area contributed by atoms with E-state index in [9.17, 15) is 9.59 Å². The highest BCUT2D eigenvalue weighted by atomic mass is 32.1. The van der Waals surface area contributed by atoms with Crippen molar-refractivity contribution in [2.45, 2.75) is 6.42 Å². The fourth-order valence-corrected chi connectivity index (χ4v) is 3.85. The number of amides is 2. The Hall–Kier alpha value is -3.04. The number of aromatic nitrogens is 2. The molecule has 0 aliphatic heterocycles. The highest BCUT2D eigenvalue weighted by molar-refractivity contribution is 7.22. The zero-order valence-electron chi connectivity index (χ0n) is 13.3. The molecule has 7 nitrogen and oxygen atoms in total. The Balaban J connectivity index is 1.37. The monoisotopic (exact) mass is 384 g/mol. The number of rotatable bonds is 5. The summed E-state index contributed by atoms with van der Waals surface area (Å²) in [5, 5.41) is 8.12. The molecule has 1 aromatic carbocycles. The van der Waals surface area contributed by atoms with Crippen LogP contribution in [0.15, 0.2) is 52.5 Å². The number of thiazole rings is 2. The van der Waals surface area contributed by atoms with Gasteiger partial charge in [0.2, 0.25) is 5.91 Å². The van der Waals surface area contributed by atoms with Crippen LogP contribution in [0.25, 0.3) is 10.2 Å². The lowest BCUT2D eigenvalue weighted by molar-refractivity contribution is -0.115. The van der Waals surface area contributed by atoms with Crippen molar-refractivity contribution in [1.29, 1.82) is 0 Å². The van der Waals surface area contributed by atoms with Crippen LogP contribution >= 0.6 is 22.7 Å². The Morgan fingerprint density at radius 1 is 1.04 bits per heavy atom. The van der Waals surface area contributed by atoms with E-state index in [0.717, 1.165) is 10.2 Å². The summed E-state index contributed by atoms with van der Waals surface area (Å²) in [6.45, 7) is 0. The van der Waals surface area contributed by atoms with E-state index in [0.29, 0.717) is 16.0 Å². The Morgan fingerprint density at radius 2 is 1.92 bits per heavy atom. The molecule has 0 atom stereocenters. The Kier molecular flexibility index (Phi) is 4.46. The smallest absolute Gasteiger partial charge is 0.293 e. The average molecular weight is 384 g/mol. The number of carbonyl (C=O) groups is 2. The van der Waals surface area contributed by atoms with Crippen LogP contribution in [-0.4, -0.2) is 21.8 Å². The van der Waals surface area contributed by atoms with Gasteiger partial charge >= 0.3 is 0 Å². The van der Waals surface area contributed by atoms with E-state index >= 15 is 0 Å². The van der Waals surface area contributed by atoms with Gasteiger partial charge in [0.25, 0.3) is 5.91 Å². The van der Waals surface area contributed by atoms with Gasteiger partial charge in [0.15, 0.2) is 16.0 Å². The van der Waals surface area contributed by atoms with E-state index < -0.39 is 0 Å². The van der Waals surface area contributed by atoms with Crippen molar-refractivity contribution in [2.75, 3.05) is 10.6 Å². The van der Waals surface area contributed by atoms with E-state index in [-0.39, 0.29) is 24.0 Å². The molecule has 130 valence electrons. The molecular formula is C17H12N4O3S2. The first-order valence-corrected chi connectivity index (χ1v) is 9.32. The molecule has 0 saturated heterocycles. The molecule has 9 heteroatoms. The van der Waals surface area contributed by atoms with Crippen LogP contribution in [-0.2, 0) is 11.2 Å². The molecule has 0 fully saturated rings. The third-order valence-electron chi connectivity index (χ3n) is 3.40. The Bertz CT molecular complexity index is 1040. The number of nitrogens with zero attached hydrogens (tertiary/aromatic N) is 2. The minimum Gasteiger partial charge on any atom is -0.459 e. The normalized spacial score (nSPS) is 10.8. The van der Waals surface area contributed by atoms with Crippen molar-refractivity contribution in [3.05, 3.63) is 59.5 Å². The molecule has 0 unspecified atom stereocenters. The van der Waals surface area contributed by atoms with Gasteiger partial charge < -0.3 is 9.73 Å². The van der Waals surface area contributed by atoms with Gasteiger partial charge in [-0.2, -0.15) is 0 Å². The van der Waals surface area contributed by atoms with Crippen molar-refractivity contribution in [3.8, 4) is 0 Å². The van der Waals surface area contributed by atoms with Crippen molar-refractivity contribution < 1.29 is 14.0 Å². The van der Waals surface area contributed by atoms with Crippen LogP contribution in [0, 0.1) is 0 Å². The zero-order valence-corrected chi connectivity index (χ0v) is 14.9. The predicted octanol–water partition coefficient (Wildman–Crippen LogP) is 3.78. The molecular weight excluding hydrogens is 372 g/mol. The Labute approximate surface area is 155 Å². The van der Waals surface area contributed by atoms with Gasteiger partial charge in [-0.05, 0) is 24.3 Å². The first-order chi connectivity index (χ1) is 12.7. The van der Waals surface area contributed by atoms with E-state index in [2.05, 4.69) is 20.6 Å². The number of carbonyl (C=O) groups excluding carboxylic acids is 2. The van der Waals surface area contributed by atoms with Crippen LogP contribution in [0.2, 0.25) is 0 Å². The van der Waals surface area contributed by atoms with Crippen LogP contribution in [0.4, 0.5) is 10.3 Å². The third-order valence-corrected chi connectivity index (χ3v) is 5.16.